The average molecular weight is 1090 g/mol. The first-order chi connectivity index (χ1) is 36.4. The van der Waals surface area contributed by atoms with Gasteiger partial charge in [0.1, 0.15) is 53.8 Å². The van der Waals surface area contributed by atoms with Gasteiger partial charge in [-0.15, -0.1) is 0 Å². The van der Waals surface area contributed by atoms with Gasteiger partial charge < -0.3 is 63.6 Å². The standard InChI is InChI=1S/C55H79N9O12S/c1-9-32(7)46(54(74)64-47(55(75)76)33(8)10-2)63-51(71)39(24-30(3)4)58-44(67)28-57-48(68)40(26-35-16-20-37(65)21-17-35)59-52(72)43(29-77)62-50(70)41(27-36-18-22-38(66)23-19-36)60-49(69)42(25-34-14-12-11-13-15-34)61-53(73)45(56)31(5)6/h11-23,30-33,39-43,45-47,65-66,77H,9-10,24-29,56H2,1-8H3,(H,57,68)(H,58,67)(H,59,72)(H,60,69)(H,61,73)(H,62,70)(H,63,71)(H,64,74)(H,75,76)/t32-,33-,39-,40-,41-,42-,43-,45-,46-,47-/m0/s1. The van der Waals surface area contributed by atoms with Crippen molar-refractivity contribution in [3.05, 3.63) is 95.6 Å². The minimum atomic E-state index is -1.42. The quantitative estimate of drug-likeness (QED) is 0.0409. The van der Waals surface area contributed by atoms with Gasteiger partial charge in [-0.1, -0.05) is 123 Å². The van der Waals surface area contributed by atoms with Crippen LogP contribution in [0.1, 0.15) is 91.3 Å². The van der Waals surface area contributed by atoms with Crippen LogP contribution in [0.5, 0.6) is 11.5 Å². The van der Waals surface area contributed by atoms with Gasteiger partial charge in [0.15, 0.2) is 0 Å². The van der Waals surface area contributed by atoms with Crippen molar-refractivity contribution in [3.8, 4) is 11.5 Å². The first-order valence-electron chi connectivity index (χ1n) is 26.0. The van der Waals surface area contributed by atoms with Gasteiger partial charge in [0.05, 0.1) is 12.6 Å². The molecule has 0 fully saturated rings. The van der Waals surface area contributed by atoms with Crippen LogP contribution in [0.25, 0.3) is 0 Å². The summed E-state index contributed by atoms with van der Waals surface area (Å²) in [5.41, 5.74) is 7.83. The molecule has 0 aromatic heterocycles. The van der Waals surface area contributed by atoms with Gasteiger partial charge in [0.2, 0.25) is 47.3 Å². The molecule has 0 saturated carbocycles. The number of nitrogens with one attached hydrogen (secondary N) is 8. The second-order valence-electron chi connectivity index (χ2n) is 20.2. The minimum absolute atomic E-state index is 0.0357. The number of amides is 8. The van der Waals surface area contributed by atoms with Crippen LogP contribution in [0.3, 0.4) is 0 Å². The molecule has 0 radical (unpaired) electrons. The van der Waals surface area contributed by atoms with Crippen molar-refractivity contribution >= 4 is 65.9 Å². The smallest absolute Gasteiger partial charge is 0.326 e. The molecule has 0 spiro atoms. The number of aliphatic carboxylic acids is 1. The molecule has 3 aromatic carbocycles. The van der Waals surface area contributed by atoms with Gasteiger partial charge in [0, 0.05) is 25.0 Å². The van der Waals surface area contributed by atoms with E-state index in [2.05, 4.69) is 55.2 Å². The summed E-state index contributed by atoms with van der Waals surface area (Å²) in [5, 5.41) is 50.8. The van der Waals surface area contributed by atoms with E-state index in [4.69, 9.17) is 5.73 Å². The zero-order valence-electron chi connectivity index (χ0n) is 45.1. The molecule has 77 heavy (non-hydrogen) atoms. The van der Waals surface area contributed by atoms with Crippen LogP contribution in [0.4, 0.5) is 0 Å². The Balaban J connectivity index is 1.86. The van der Waals surface area contributed by atoms with E-state index in [-0.39, 0.29) is 54.8 Å². The number of phenolic OH excluding ortho intramolecular Hbond substituents is 2. The average Bonchev–Trinajstić information content (AvgIpc) is 3.39. The Hall–Kier alpha value is -7.20. The highest BCUT2D eigenvalue weighted by molar-refractivity contribution is 7.80. The molecule has 0 aliphatic heterocycles. The molecule has 10 atom stereocenters. The zero-order valence-corrected chi connectivity index (χ0v) is 46.0. The van der Waals surface area contributed by atoms with E-state index < -0.39 is 120 Å². The van der Waals surface area contributed by atoms with E-state index in [0.717, 1.165) is 0 Å². The summed E-state index contributed by atoms with van der Waals surface area (Å²) in [6.07, 6.45) is 0.773. The predicted octanol–water partition coefficient (Wildman–Crippen LogP) is 1.77. The lowest BCUT2D eigenvalue weighted by molar-refractivity contribution is -0.144. The number of carbonyl (C=O) groups is 9. The lowest BCUT2D eigenvalue weighted by Gasteiger charge is -2.29. The first kappa shape index (κ1) is 64.1. The third-order valence-corrected chi connectivity index (χ3v) is 13.5. The van der Waals surface area contributed by atoms with Crippen molar-refractivity contribution in [2.45, 2.75) is 142 Å². The molecule has 22 heteroatoms. The minimum Gasteiger partial charge on any atom is -0.508 e. The molecular formula is C55H79N9O12S. The molecule has 0 unspecified atom stereocenters. The normalized spacial score (nSPS) is 15.1. The molecule has 13 N–H and O–H groups in total. The molecule has 0 heterocycles. The molecule has 422 valence electrons. The van der Waals surface area contributed by atoms with Gasteiger partial charge in [0.25, 0.3) is 0 Å². The molecule has 3 aromatic rings. The zero-order chi connectivity index (χ0) is 57.5. The Morgan fingerprint density at radius 3 is 1.34 bits per heavy atom. The Morgan fingerprint density at radius 2 is 0.896 bits per heavy atom. The van der Waals surface area contributed by atoms with Crippen molar-refractivity contribution in [1.82, 2.24) is 42.5 Å². The first-order valence-corrected chi connectivity index (χ1v) is 26.6. The van der Waals surface area contributed by atoms with Crippen LogP contribution in [0.2, 0.25) is 0 Å². The Kier molecular flexibility index (Phi) is 26.4. The number of carboxylic acids is 1. The van der Waals surface area contributed by atoms with Gasteiger partial charge in [-0.2, -0.15) is 12.6 Å². The number of carbonyl (C=O) groups excluding carboxylic acids is 8. The molecule has 3 rings (SSSR count). The number of hydrogen-bond acceptors (Lipinski definition) is 13. The predicted molar refractivity (Wildman–Crippen MR) is 293 cm³/mol. The highest BCUT2D eigenvalue weighted by atomic mass is 32.1. The van der Waals surface area contributed by atoms with Crippen LogP contribution < -0.4 is 48.3 Å². The lowest BCUT2D eigenvalue weighted by atomic mass is 9.94. The lowest BCUT2D eigenvalue weighted by Crippen LogP contribution is -2.60. The van der Waals surface area contributed by atoms with Crippen molar-refractivity contribution in [2.24, 2.45) is 29.4 Å². The summed E-state index contributed by atoms with van der Waals surface area (Å²) in [4.78, 5) is 123. The van der Waals surface area contributed by atoms with Gasteiger partial charge in [-0.05, 0) is 71.0 Å². The number of nitrogens with two attached hydrogens (primary N) is 1. The maximum atomic E-state index is 14.3. The van der Waals surface area contributed by atoms with Crippen LogP contribution in [0, 0.1) is 23.7 Å². The van der Waals surface area contributed by atoms with Crippen molar-refractivity contribution in [3.63, 3.8) is 0 Å². The summed E-state index contributed by atoms with van der Waals surface area (Å²) in [5.74, 6) is -8.95. The second kappa shape index (κ2) is 31.8. The fraction of sp³-hybridized carbons (Fsp3) is 0.509. The molecular weight excluding hydrogens is 1010 g/mol. The number of phenols is 2. The third kappa shape index (κ3) is 21.4. The summed E-state index contributed by atoms with van der Waals surface area (Å²) < 4.78 is 0. The van der Waals surface area contributed by atoms with Gasteiger partial charge in [-0.25, -0.2) is 4.79 Å². The fourth-order valence-corrected chi connectivity index (χ4v) is 8.17. The van der Waals surface area contributed by atoms with Crippen LogP contribution >= 0.6 is 12.6 Å². The van der Waals surface area contributed by atoms with Gasteiger partial charge >= 0.3 is 5.97 Å². The van der Waals surface area contributed by atoms with Crippen molar-refractivity contribution < 1.29 is 58.5 Å². The number of carboxylic acid groups (broad SMARTS) is 1. The monoisotopic (exact) mass is 1090 g/mol. The van der Waals surface area contributed by atoms with E-state index >= 15 is 0 Å². The van der Waals surface area contributed by atoms with E-state index in [1.807, 2.05) is 13.8 Å². The van der Waals surface area contributed by atoms with E-state index in [1.54, 1.807) is 84.0 Å². The number of thiol groups is 1. The van der Waals surface area contributed by atoms with E-state index in [1.165, 1.54) is 36.4 Å². The van der Waals surface area contributed by atoms with Crippen LogP contribution in [-0.2, 0) is 62.4 Å². The number of aromatic hydroxyl groups is 2. The van der Waals surface area contributed by atoms with Crippen molar-refractivity contribution in [1.29, 1.82) is 0 Å². The summed E-state index contributed by atoms with van der Waals surface area (Å²) in [7, 11) is 0. The summed E-state index contributed by atoms with van der Waals surface area (Å²) in [6.45, 7) is 13.5. The SMILES string of the molecule is CC[C@H](C)[C@H](NC(=O)[C@@H](NC(=O)[C@H](CC(C)C)NC(=O)CNC(=O)[C@H](Cc1ccc(O)cc1)NC(=O)[C@H](CS)NC(=O)[C@H](Cc1ccc(O)cc1)NC(=O)[C@H](Cc1ccccc1)NC(=O)[C@@H](N)C(C)C)[C@@H](C)CC)C(=O)O. The maximum Gasteiger partial charge on any atom is 0.326 e. The number of hydrogen-bond donors (Lipinski definition) is 13. The number of benzene rings is 3. The molecule has 21 nitrogen and oxygen atoms in total. The third-order valence-electron chi connectivity index (χ3n) is 13.1. The second-order valence-corrected chi connectivity index (χ2v) is 20.5. The summed E-state index contributed by atoms with van der Waals surface area (Å²) in [6, 6.07) is 10.7. The summed E-state index contributed by atoms with van der Waals surface area (Å²) >= 11 is 4.34. The van der Waals surface area contributed by atoms with E-state index in [9.17, 15) is 58.5 Å². The topological polar surface area (TPSA) is 337 Å². The molecule has 0 aliphatic rings. The molecule has 8 amide bonds. The van der Waals surface area contributed by atoms with E-state index in [0.29, 0.717) is 29.5 Å². The number of rotatable bonds is 31. The van der Waals surface area contributed by atoms with Crippen LogP contribution in [-0.4, -0.2) is 129 Å². The van der Waals surface area contributed by atoms with Crippen LogP contribution in [0.15, 0.2) is 78.9 Å². The Labute approximate surface area is 456 Å². The highest BCUT2D eigenvalue weighted by Crippen LogP contribution is 2.17. The maximum absolute atomic E-state index is 14.3. The molecule has 0 bridgehead atoms. The largest absolute Gasteiger partial charge is 0.508 e. The Bertz CT molecular complexity index is 2450. The van der Waals surface area contributed by atoms with Crippen molar-refractivity contribution in [2.75, 3.05) is 12.3 Å². The molecule has 0 saturated heterocycles. The highest BCUT2D eigenvalue weighted by Gasteiger charge is 2.36. The molecule has 0 aliphatic carbocycles. The Morgan fingerprint density at radius 1 is 0.494 bits per heavy atom. The fourth-order valence-electron chi connectivity index (χ4n) is 7.92. The van der Waals surface area contributed by atoms with Gasteiger partial charge in [-0.3, -0.25) is 38.4 Å².